The maximum Gasteiger partial charge on any atom is 0.354 e. The number of nitrogens with zero attached hydrogens (tertiary/aromatic N) is 1. The summed E-state index contributed by atoms with van der Waals surface area (Å²) in [6.07, 6.45) is 2.14. The molecular formula is C6H7NO2. The SMILES string of the molecule is C=CCC1=NCOC1=O. The molecule has 1 aliphatic heterocycles. The van der Waals surface area contributed by atoms with Crippen molar-refractivity contribution in [3.05, 3.63) is 12.7 Å². The van der Waals surface area contributed by atoms with Crippen LogP contribution in [-0.4, -0.2) is 18.4 Å². The number of ether oxygens (including phenoxy) is 1. The minimum atomic E-state index is -0.310. The molecule has 0 saturated carbocycles. The molecule has 0 spiro atoms. The Bertz CT molecular complexity index is 172. The van der Waals surface area contributed by atoms with E-state index in [1.54, 1.807) is 6.08 Å². The number of allylic oxidation sites excluding steroid dienone is 1. The van der Waals surface area contributed by atoms with Gasteiger partial charge in [0.05, 0.1) is 0 Å². The third-order valence-corrected chi connectivity index (χ3v) is 1.02. The number of rotatable bonds is 2. The van der Waals surface area contributed by atoms with E-state index < -0.39 is 0 Å². The van der Waals surface area contributed by atoms with Gasteiger partial charge in [0.25, 0.3) is 0 Å². The predicted octanol–water partition coefficient (Wildman–Crippen LogP) is 0.518. The van der Waals surface area contributed by atoms with Crippen molar-refractivity contribution >= 4 is 11.7 Å². The van der Waals surface area contributed by atoms with Crippen molar-refractivity contribution in [2.24, 2.45) is 4.99 Å². The Morgan fingerprint density at radius 3 is 3.11 bits per heavy atom. The molecule has 0 atom stereocenters. The molecule has 9 heavy (non-hydrogen) atoms. The van der Waals surface area contributed by atoms with Crippen LogP contribution in [0.15, 0.2) is 17.6 Å². The van der Waals surface area contributed by atoms with Gasteiger partial charge in [-0.15, -0.1) is 6.58 Å². The van der Waals surface area contributed by atoms with Gasteiger partial charge in [-0.3, -0.25) is 0 Å². The van der Waals surface area contributed by atoms with Gasteiger partial charge in [-0.1, -0.05) is 6.08 Å². The Hall–Kier alpha value is -1.12. The number of carbonyl (C=O) groups is 1. The molecule has 1 rings (SSSR count). The molecular weight excluding hydrogens is 118 g/mol. The van der Waals surface area contributed by atoms with E-state index in [0.29, 0.717) is 12.1 Å². The Morgan fingerprint density at radius 2 is 2.67 bits per heavy atom. The van der Waals surface area contributed by atoms with E-state index in [1.165, 1.54) is 0 Å². The quantitative estimate of drug-likeness (QED) is 0.398. The lowest BCUT2D eigenvalue weighted by molar-refractivity contribution is -0.133. The Labute approximate surface area is 53.0 Å². The largest absolute Gasteiger partial charge is 0.438 e. The molecule has 3 heteroatoms. The van der Waals surface area contributed by atoms with Gasteiger partial charge in [-0.2, -0.15) is 0 Å². The van der Waals surface area contributed by atoms with Crippen LogP contribution >= 0.6 is 0 Å². The monoisotopic (exact) mass is 125 g/mol. The molecule has 0 aromatic rings. The standard InChI is InChI=1S/C6H7NO2/c1-2-3-5-6(8)9-4-7-5/h2H,1,3-4H2. The van der Waals surface area contributed by atoms with Crippen LogP contribution in [0.3, 0.4) is 0 Å². The first-order valence-corrected chi connectivity index (χ1v) is 2.66. The topological polar surface area (TPSA) is 38.7 Å². The van der Waals surface area contributed by atoms with Gasteiger partial charge in [0, 0.05) is 6.42 Å². The molecule has 0 fully saturated rings. The molecule has 0 bridgehead atoms. The van der Waals surface area contributed by atoms with Crippen LogP contribution in [0.1, 0.15) is 6.42 Å². The van der Waals surface area contributed by atoms with Gasteiger partial charge in [-0.05, 0) is 0 Å². The number of aliphatic imine (C=N–C) groups is 1. The molecule has 48 valence electrons. The molecule has 0 aromatic heterocycles. The van der Waals surface area contributed by atoms with E-state index in [-0.39, 0.29) is 12.7 Å². The van der Waals surface area contributed by atoms with Crippen molar-refractivity contribution in [2.45, 2.75) is 6.42 Å². The summed E-state index contributed by atoms with van der Waals surface area (Å²) in [5.74, 6) is -0.310. The minimum absolute atomic E-state index is 0.183. The average Bonchev–Trinajstić information content (AvgIpc) is 2.18. The molecule has 0 aromatic carbocycles. The summed E-state index contributed by atoms with van der Waals surface area (Å²) in [4.78, 5) is 14.3. The Morgan fingerprint density at radius 1 is 1.89 bits per heavy atom. The highest BCUT2D eigenvalue weighted by Crippen LogP contribution is 1.99. The van der Waals surface area contributed by atoms with Crippen LogP contribution in [-0.2, 0) is 9.53 Å². The molecule has 0 saturated heterocycles. The summed E-state index contributed by atoms with van der Waals surface area (Å²) in [6.45, 7) is 3.65. The van der Waals surface area contributed by atoms with Gasteiger partial charge in [0.15, 0.2) is 6.73 Å². The number of hydrogen-bond donors (Lipinski definition) is 0. The van der Waals surface area contributed by atoms with E-state index in [1.807, 2.05) is 0 Å². The third-order valence-electron chi connectivity index (χ3n) is 1.02. The first-order chi connectivity index (χ1) is 4.34. The fraction of sp³-hybridized carbons (Fsp3) is 0.333. The first-order valence-electron chi connectivity index (χ1n) is 2.66. The fourth-order valence-corrected chi connectivity index (χ4v) is 0.601. The maximum absolute atomic E-state index is 10.6. The lowest BCUT2D eigenvalue weighted by Gasteiger charge is -1.87. The van der Waals surface area contributed by atoms with Crippen molar-refractivity contribution in [3.63, 3.8) is 0 Å². The zero-order chi connectivity index (χ0) is 6.69. The van der Waals surface area contributed by atoms with Crippen molar-refractivity contribution in [1.82, 2.24) is 0 Å². The highest BCUT2D eigenvalue weighted by Gasteiger charge is 2.15. The molecule has 1 heterocycles. The van der Waals surface area contributed by atoms with Crippen LogP contribution in [0.2, 0.25) is 0 Å². The fourth-order valence-electron chi connectivity index (χ4n) is 0.601. The summed E-state index contributed by atoms with van der Waals surface area (Å²) in [5.41, 5.74) is 0.477. The number of hydrogen-bond acceptors (Lipinski definition) is 3. The van der Waals surface area contributed by atoms with Gasteiger partial charge >= 0.3 is 5.97 Å². The maximum atomic E-state index is 10.6. The van der Waals surface area contributed by atoms with Crippen molar-refractivity contribution in [2.75, 3.05) is 6.73 Å². The smallest absolute Gasteiger partial charge is 0.354 e. The summed E-state index contributed by atoms with van der Waals surface area (Å²) in [6, 6.07) is 0. The summed E-state index contributed by atoms with van der Waals surface area (Å²) in [7, 11) is 0. The van der Waals surface area contributed by atoms with Crippen molar-refractivity contribution < 1.29 is 9.53 Å². The van der Waals surface area contributed by atoms with Crippen LogP contribution in [0.4, 0.5) is 0 Å². The molecule has 0 amide bonds. The predicted molar refractivity (Wildman–Crippen MR) is 33.2 cm³/mol. The van der Waals surface area contributed by atoms with E-state index in [2.05, 4.69) is 16.3 Å². The molecule has 0 aliphatic carbocycles. The second-order valence-electron chi connectivity index (χ2n) is 1.66. The zero-order valence-electron chi connectivity index (χ0n) is 4.96. The molecule has 3 nitrogen and oxygen atoms in total. The molecule has 1 aliphatic rings. The number of cyclic esters (lactones) is 1. The van der Waals surface area contributed by atoms with E-state index in [4.69, 9.17) is 0 Å². The zero-order valence-corrected chi connectivity index (χ0v) is 4.96. The summed E-state index contributed by atoms with van der Waals surface area (Å²) in [5, 5.41) is 0. The summed E-state index contributed by atoms with van der Waals surface area (Å²) >= 11 is 0. The molecule has 0 N–H and O–H groups in total. The normalized spacial score (nSPS) is 16.9. The molecule has 0 unspecified atom stereocenters. The van der Waals surface area contributed by atoms with E-state index >= 15 is 0 Å². The van der Waals surface area contributed by atoms with Crippen LogP contribution < -0.4 is 0 Å². The van der Waals surface area contributed by atoms with Crippen molar-refractivity contribution in [3.8, 4) is 0 Å². The number of esters is 1. The third kappa shape index (κ3) is 1.16. The van der Waals surface area contributed by atoms with Crippen LogP contribution in [0.5, 0.6) is 0 Å². The summed E-state index contributed by atoms with van der Waals surface area (Å²) < 4.78 is 4.53. The Kier molecular flexibility index (Phi) is 1.63. The lowest BCUT2D eigenvalue weighted by atomic mass is 10.3. The molecule has 0 radical (unpaired) electrons. The highest BCUT2D eigenvalue weighted by atomic mass is 16.5. The van der Waals surface area contributed by atoms with Crippen LogP contribution in [0, 0.1) is 0 Å². The van der Waals surface area contributed by atoms with E-state index in [9.17, 15) is 4.79 Å². The first kappa shape index (κ1) is 6.01. The van der Waals surface area contributed by atoms with Crippen molar-refractivity contribution in [1.29, 1.82) is 0 Å². The second kappa shape index (κ2) is 2.44. The number of carbonyl (C=O) groups excluding carboxylic acids is 1. The van der Waals surface area contributed by atoms with Gasteiger partial charge in [0.2, 0.25) is 0 Å². The van der Waals surface area contributed by atoms with Crippen LogP contribution in [0.25, 0.3) is 0 Å². The highest BCUT2D eigenvalue weighted by molar-refractivity contribution is 6.37. The van der Waals surface area contributed by atoms with Gasteiger partial charge in [0.1, 0.15) is 5.71 Å². The lowest BCUT2D eigenvalue weighted by Crippen LogP contribution is -2.08. The van der Waals surface area contributed by atoms with E-state index in [0.717, 1.165) is 0 Å². The average molecular weight is 125 g/mol. The van der Waals surface area contributed by atoms with Gasteiger partial charge < -0.3 is 4.74 Å². The minimum Gasteiger partial charge on any atom is -0.438 e. The van der Waals surface area contributed by atoms with Gasteiger partial charge in [-0.25, -0.2) is 9.79 Å². The Balaban J connectivity index is 2.57. The second-order valence-corrected chi connectivity index (χ2v) is 1.66.